The molecular formula is C64H49NO. The van der Waals surface area contributed by atoms with Gasteiger partial charge < -0.3 is 9.32 Å². The number of para-hydroxylation sites is 2. The van der Waals surface area contributed by atoms with E-state index >= 15 is 0 Å². The number of anilines is 3. The molecular weight excluding hydrogens is 799 g/mol. The molecule has 1 aliphatic carbocycles. The number of furan rings is 1. The Balaban J connectivity index is 1.01. The summed E-state index contributed by atoms with van der Waals surface area (Å²) >= 11 is 0. The molecule has 0 aliphatic heterocycles. The molecule has 316 valence electrons. The first kappa shape index (κ1) is 39.6. The van der Waals surface area contributed by atoms with Gasteiger partial charge in [0.2, 0.25) is 0 Å². The highest BCUT2D eigenvalue weighted by Gasteiger charge is 2.23. The molecule has 0 unspecified atom stereocenters. The first-order valence-corrected chi connectivity index (χ1v) is 23.5. The van der Waals surface area contributed by atoms with Crippen LogP contribution >= 0.6 is 0 Å². The van der Waals surface area contributed by atoms with Crippen LogP contribution in [0.5, 0.6) is 0 Å². The van der Waals surface area contributed by atoms with Crippen LogP contribution in [0.1, 0.15) is 43.6 Å². The van der Waals surface area contributed by atoms with E-state index in [9.17, 15) is 0 Å². The molecule has 0 radical (unpaired) electrons. The zero-order valence-electron chi connectivity index (χ0n) is 36.9. The normalized spacial score (nSPS) is 13.1. The lowest BCUT2D eigenvalue weighted by Crippen LogP contribution is -2.11. The van der Waals surface area contributed by atoms with Crippen molar-refractivity contribution in [3.05, 3.63) is 236 Å². The van der Waals surface area contributed by atoms with Gasteiger partial charge in [0.15, 0.2) is 0 Å². The van der Waals surface area contributed by atoms with Crippen molar-refractivity contribution in [1.29, 1.82) is 0 Å². The minimum absolute atomic E-state index is 0.574. The summed E-state index contributed by atoms with van der Waals surface area (Å²) in [5.41, 5.74) is 18.7. The molecule has 12 rings (SSSR count). The molecule has 1 fully saturated rings. The van der Waals surface area contributed by atoms with E-state index in [2.05, 4.69) is 223 Å². The van der Waals surface area contributed by atoms with Crippen LogP contribution in [0.2, 0.25) is 0 Å². The Bertz CT molecular complexity index is 3500. The summed E-state index contributed by atoms with van der Waals surface area (Å²) in [5, 5.41) is 4.95. The molecule has 2 nitrogen and oxygen atoms in total. The highest BCUT2D eigenvalue weighted by molar-refractivity contribution is 6.07. The van der Waals surface area contributed by atoms with Gasteiger partial charge in [-0.3, -0.25) is 0 Å². The summed E-state index contributed by atoms with van der Waals surface area (Å²) in [6, 6.07) is 84.3. The van der Waals surface area contributed by atoms with E-state index in [0.29, 0.717) is 5.92 Å². The molecule has 0 saturated heterocycles. The van der Waals surface area contributed by atoms with Crippen LogP contribution in [0, 0.1) is 0 Å². The third-order valence-corrected chi connectivity index (χ3v) is 13.9. The number of rotatable bonds is 9. The van der Waals surface area contributed by atoms with Gasteiger partial charge in [-0.05, 0) is 140 Å². The standard InChI is InChI=1S/C64H49NO/c1-4-17-45(18-5-1)54-39-35-50(42-59(54)47-21-8-3-9-22-47)44-33-37-52(38-34-44)65(53-26-14-25-49(41-53)51-36-40-63-60(43-51)57-28-11-13-32-62(57)66-63)61-31-12-10-27-56(61)58-30-16-24-48-23-15-29-55(64(48)58)46-19-6-2-7-20-46/h1,3-5,8-18,21-43,46H,2,6-7,19-20H2. The van der Waals surface area contributed by atoms with E-state index in [1.54, 1.807) is 0 Å². The van der Waals surface area contributed by atoms with E-state index in [4.69, 9.17) is 4.42 Å². The molecule has 10 aromatic carbocycles. The van der Waals surface area contributed by atoms with Crippen LogP contribution in [-0.2, 0) is 0 Å². The highest BCUT2D eigenvalue weighted by Crippen LogP contribution is 2.47. The maximum atomic E-state index is 6.24. The van der Waals surface area contributed by atoms with Crippen molar-refractivity contribution in [3.63, 3.8) is 0 Å². The molecule has 1 aromatic heterocycles. The van der Waals surface area contributed by atoms with Gasteiger partial charge in [-0.2, -0.15) is 0 Å². The predicted octanol–water partition coefficient (Wildman–Crippen LogP) is 18.6. The fourth-order valence-corrected chi connectivity index (χ4v) is 10.7. The second-order valence-corrected chi connectivity index (χ2v) is 17.8. The predicted molar refractivity (Wildman–Crippen MR) is 279 cm³/mol. The van der Waals surface area contributed by atoms with E-state index < -0.39 is 0 Å². The molecule has 0 N–H and O–H groups in total. The van der Waals surface area contributed by atoms with E-state index in [1.165, 1.54) is 92.9 Å². The van der Waals surface area contributed by atoms with Gasteiger partial charge in [0.25, 0.3) is 0 Å². The Morgan fingerprint density at radius 1 is 0.348 bits per heavy atom. The first-order valence-electron chi connectivity index (χ1n) is 23.5. The van der Waals surface area contributed by atoms with Gasteiger partial charge in [-0.25, -0.2) is 0 Å². The quantitative estimate of drug-likeness (QED) is 0.144. The van der Waals surface area contributed by atoms with Crippen molar-refractivity contribution in [2.24, 2.45) is 0 Å². The van der Waals surface area contributed by atoms with Crippen LogP contribution in [-0.4, -0.2) is 0 Å². The zero-order valence-corrected chi connectivity index (χ0v) is 36.9. The fourth-order valence-electron chi connectivity index (χ4n) is 10.7. The summed E-state index contributed by atoms with van der Waals surface area (Å²) in [7, 11) is 0. The van der Waals surface area contributed by atoms with Crippen molar-refractivity contribution >= 4 is 49.8 Å². The second kappa shape index (κ2) is 17.2. The summed E-state index contributed by atoms with van der Waals surface area (Å²) in [4.78, 5) is 2.46. The average Bonchev–Trinajstić information content (AvgIpc) is 3.78. The van der Waals surface area contributed by atoms with Crippen molar-refractivity contribution in [2.75, 3.05) is 4.90 Å². The summed E-state index contributed by atoms with van der Waals surface area (Å²) in [5.74, 6) is 0.574. The van der Waals surface area contributed by atoms with Gasteiger partial charge in [-0.15, -0.1) is 0 Å². The van der Waals surface area contributed by atoms with Crippen LogP contribution in [0.25, 0.3) is 88.3 Å². The minimum atomic E-state index is 0.574. The SMILES string of the molecule is c1ccc(-c2ccc(-c3ccc(N(c4cccc(-c5ccc6oc7ccccc7c6c5)c4)c4ccccc4-c4cccc5cccc(C6CCCCC6)c45)cc3)cc2-c2ccccc2)cc1. The lowest BCUT2D eigenvalue weighted by atomic mass is 9.80. The molecule has 1 heterocycles. The Labute approximate surface area is 387 Å². The van der Waals surface area contributed by atoms with Crippen molar-refractivity contribution in [2.45, 2.75) is 38.0 Å². The lowest BCUT2D eigenvalue weighted by molar-refractivity contribution is 0.445. The zero-order chi connectivity index (χ0) is 43.8. The number of hydrogen-bond donors (Lipinski definition) is 0. The van der Waals surface area contributed by atoms with Crippen molar-refractivity contribution < 1.29 is 4.42 Å². The van der Waals surface area contributed by atoms with E-state index in [1.807, 2.05) is 12.1 Å². The molecule has 0 spiro atoms. The van der Waals surface area contributed by atoms with E-state index in [0.717, 1.165) is 50.1 Å². The monoisotopic (exact) mass is 847 g/mol. The molecule has 0 amide bonds. The van der Waals surface area contributed by atoms with Gasteiger partial charge in [-0.1, -0.05) is 195 Å². The van der Waals surface area contributed by atoms with E-state index in [-0.39, 0.29) is 0 Å². The van der Waals surface area contributed by atoms with Gasteiger partial charge in [0.1, 0.15) is 11.2 Å². The highest BCUT2D eigenvalue weighted by atomic mass is 16.3. The Kier molecular flexibility index (Phi) is 10.3. The van der Waals surface area contributed by atoms with Crippen molar-refractivity contribution in [1.82, 2.24) is 0 Å². The smallest absolute Gasteiger partial charge is 0.135 e. The molecule has 1 saturated carbocycles. The Morgan fingerprint density at radius 2 is 0.955 bits per heavy atom. The third kappa shape index (κ3) is 7.35. The van der Waals surface area contributed by atoms with Crippen LogP contribution in [0.15, 0.2) is 235 Å². The Hall–Kier alpha value is -7.94. The second-order valence-electron chi connectivity index (χ2n) is 17.8. The number of nitrogens with zero attached hydrogens (tertiary/aromatic N) is 1. The number of benzene rings is 10. The summed E-state index contributed by atoms with van der Waals surface area (Å²) in [6.07, 6.45) is 6.44. The molecule has 66 heavy (non-hydrogen) atoms. The largest absolute Gasteiger partial charge is 0.456 e. The van der Waals surface area contributed by atoms with Crippen molar-refractivity contribution in [3.8, 4) is 55.6 Å². The van der Waals surface area contributed by atoms with Gasteiger partial charge in [0, 0.05) is 27.7 Å². The molecule has 0 atom stereocenters. The molecule has 1 aliphatic rings. The Morgan fingerprint density at radius 3 is 1.77 bits per heavy atom. The van der Waals surface area contributed by atoms with Gasteiger partial charge in [0.05, 0.1) is 5.69 Å². The summed E-state index contributed by atoms with van der Waals surface area (Å²) < 4.78 is 6.24. The average molecular weight is 848 g/mol. The maximum Gasteiger partial charge on any atom is 0.135 e. The third-order valence-electron chi connectivity index (χ3n) is 13.9. The minimum Gasteiger partial charge on any atom is -0.456 e. The molecule has 0 bridgehead atoms. The van der Waals surface area contributed by atoms with Crippen LogP contribution in [0.3, 0.4) is 0 Å². The number of hydrogen-bond acceptors (Lipinski definition) is 2. The molecule has 2 heteroatoms. The van der Waals surface area contributed by atoms with Crippen LogP contribution in [0.4, 0.5) is 17.1 Å². The van der Waals surface area contributed by atoms with Crippen LogP contribution < -0.4 is 4.90 Å². The topological polar surface area (TPSA) is 16.4 Å². The maximum absolute atomic E-state index is 6.24. The summed E-state index contributed by atoms with van der Waals surface area (Å²) in [6.45, 7) is 0. The molecule has 11 aromatic rings. The van der Waals surface area contributed by atoms with Gasteiger partial charge >= 0.3 is 0 Å². The first-order chi connectivity index (χ1) is 32.7. The fraction of sp³-hybridized carbons (Fsp3) is 0.0938. The lowest BCUT2D eigenvalue weighted by Gasteiger charge is -2.29. The number of fused-ring (bicyclic) bond motifs is 4.